The molecule has 1 aliphatic rings. The van der Waals surface area contributed by atoms with Crippen molar-refractivity contribution in [2.45, 2.75) is 26.1 Å². The average molecular weight is 367 g/mol. The van der Waals surface area contributed by atoms with Gasteiger partial charge in [0.05, 0.1) is 6.61 Å². The summed E-state index contributed by atoms with van der Waals surface area (Å²) in [5.41, 5.74) is 3.20. The molecule has 1 fully saturated rings. The highest BCUT2D eigenvalue weighted by atomic mass is 16.3. The second-order valence-corrected chi connectivity index (χ2v) is 7.39. The molecule has 0 aliphatic carbocycles. The third-order valence-corrected chi connectivity index (χ3v) is 5.12. The maximum absolute atomic E-state index is 12.4. The minimum atomic E-state index is -0.0501. The van der Waals surface area contributed by atoms with Crippen molar-refractivity contribution >= 4 is 6.03 Å². The molecule has 0 bridgehead atoms. The minimum Gasteiger partial charge on any atom is -0.392 e. The van der Waals surface area contributed by atoms with E-state index in [0.29, 0.717) is 12.5 Å². The van der Waals surface area contributed by atoms with E-state index in [9.17, 15) is 9.90 Å². The number of urea groups is 1. The van der Waals surface area contributed by atoms with Crippen LogP contribution in [0.4, 0.5) is 4.79 Å². The lowest BCUT2D eigenvalue weighted by Gasteiger charge is -2.22. The van der Waals surface area contributed by atoms with Crippen molar-refractivity contribution in [3.8, 4) is 0 Å². The molecule has 2 aromatic carbocycles. The van der Waals surface area contributed by atoms with Gasteiger partial charge in [0.15, 0.2) is 0 Å². The van der Waals surface area contributed by atoms with Gasteiger partial charge < -0.3 is 15.3 Å². The van der Waals surface area contributed by atoms with Crippen LogP contribution in [-0.2, 0) is 19.7 Å². The van der Waals surface area contributed by atoms with Crippen LogP contribution in [0.15, 0.2) is 54.6 Å². The Morgan fingerprint density at radius 2 is 1.89 bits per heavy atom. The van der Waals surface area contributed by atoms with Gasteiger partial charge in [0.2, 0.25) is 0 Å². The first-order chi connectivity index (χ1) is 13.1. The summed E-state index contributed by atoms with van der Waals surface area (Å²) in [4.78, 5) is 16.6. The van der Waals surface area contributed by atoms with Crippen LogP contribution in [0.25, 0.3) is 0 Å². The number of carbonyl (C=O) groups excluding carboxylic acids is 1. The fourth-order valence-electron chi connectivity index (χ4n) is 3.67. The van der Waals surface area contributed by atoms with Crippen LogP contribution < -0.4 is 5.32 Å². The molecule has 5 heteroatoms. The van der Waals surface area contributed by atoms with E-state index >= 15 is 0 Å². The minimum absolute atomic E-state index is 0.0167. The topological polar surface area (TPSA) is 55.8 Å². The van der Waals surface area contributed by atoms with Crippen LogP contribution >= 0.6 is 0 Å². The highest BCUT2D eigenvalue weighted by molar-refractivity contribution is 5.73. The fourth-order valence-corrected chi connectivity index (χ4v) is 3.67. The van der Waals surface area contributed by atoms with E-state index < -0.39 is 0 Å². The first kappa shape index (κ1) is 19.4. The standard InChI is InChI=1S/C22H29N3O2/c1-24(22(27)23-13-19-8-5-9-20(12-19)17-26)14-21-10-11-25(16-21)15-18-6-3-2-4-7-18/h2-9,12,21,26H,10-11,13-17H2,1H3,(H,23,27). The Balaban J connectivity index is 1.41. The Hall–Kier alpha value is -2.37. The predicted molar refractivity (Wildman–Crippen MR) is 107 cm³/mol. The molecule has 27 heavy (non-hydrogen) atoms. The Morgan fingerprint density at radius 1 is 1.15 bits per heavy atom. The molecular weight excluding hydrogens is 338 g/mol. The zero-order chi connectivity index (χ0) is 19.1. The number of aliphatic hydroxyl groups excluding tert-OH is 1. The molecule has 0 saturated carbocycles. The number of nitrogens with zero attached hydrogens (tertiary/aromatic N) is 2. The summed E-state index contributed by atoms with van der Waals surface area (Å²) < 4.78 is 0. The van der Waals surface area contributed by atoms with Gasteiger partial charge in [-0.1, -0.05) is 54.6 Å². The first-order valence-corrected chi connectivity index (χ1v) is 9.58. The largest absolute Gasteiger partial charge is 0.392 e. The molecule has 0 spiro atoms. The first-order valence-electron chi connectivity index (χ1n) is 9.58. The van der Waals surface area contributed by atoms with Crippen molar-refractivity contribution in [2.24, 2.45) is 5.92 Å². The van der Waals surface area contributed by atoms with E-state index in [0.717, 1.165) is 43.7 Å². The van der Waals surface area contributed by atoms with Gasteiger partial charge in [0, 0.05) is 33.2 Å². The molecule has 1 aliphatic heterocycles. The van der Waals surface area contributed by atoms with Crippen LogP contribution in [0.2, 0.25) is 0 Å². The van der Waals surface area contributed by atoms with E-state index in [-0.39, 0.29) is 12.6 Å². The lowest BCUT2D eigenvalue weighted by Crippen LogP contribution is -2.40. The van der Waals surface area contributed by atoms with Crippen LogP contribution in [0.1, 0.15) is 23.1 Å². The Kier molecular flexibility index (Phi) is 6.85. The lowest BCUT2D eigenvalue weighted by atomic mass is 10.1. The molecule has 144 valence electrons. The summed E-state index contributed by atoms with van der Waals surface area (Å²) in [5, 5.41) is 12.2. The van der Waals surface area contributed by atoms with Gasteiger partial charge >= 0.3 is 6.03 Å². The third-order valence-electron chi connectivity index (χ3n) is 5.12. The molecule has 0 aromatic heterocycles. The van der Waals surface area contributed by atoms with Crippen molar-refractivity contribution in [2.75, 3.05) is 26.7 Å². The third kappa shape index (κ3) is 5.81. The van der Waals surface area contributed by atoms with Gasteiger partial charge in [-0.05, 0) is 35.6 Å². The zero-order valence-electron chi connectivity index (χ0n) is 16.0. The summed E-state index contributed by atoms with van der Waals surface area (Å²) >= 11 is 0. The second kappa shape index (κ2) is 9.53. The molecule has 1 heterocycles. The number of benzene rings is 2. The maximum Gasteiger partial charge on any atom is 0.317 e. The Bertz CT molecular complexity index is 735. The maximum atomic E-state index is 12.4. The molecule has 2 amide bonds. The molecular formula is C22H29N3O2. The van der Waals surface area contributed by atoms with Crippen LogP contribution in [0.5, 0.6) is 0 Å². The van der Waals surface area contributed by atoms with Crippen molar-refractivity contribution < 1.29 is 9.90 Å². The number of hydrogen-bond donors (Lipinski definition) is 2. The van der Waals surface area contributed by atoms with Gasteiger partial charge in [-0.25, -0.2) is 4.79 Å². The number of hydrogen-bond acceptors (Lipinski definition) is 3. The van der Waals surface area contributed by atoms with Crippen LogP contribution in [-0.4, -0.2) is 47.6 Å². The number of nitrogens with one attached hydrogen (secondary N) is 1. The monoisotopic (exact) mass is 367 g/mol. The zero-order valence-corrected chi connectivity index (χ0v) is 16.0. The highest BCUT2D eigenvalue weighted by Gasteiger charge is 2.24. The lowest BCUT2D eigenvalue weighted by molar-refractivity contribution is 0.199. The van der Waals surface area contributed by atoms with Gasteiger partial charge in [0.25, 0.3) is 0 Å². The van der Waals surface area contributed by atoms with Gasteiger partial charge in [-0.3, -0.25) is 4.90 Å². The van der Waals surface area contributed by atoms with Crippen LogP contribution in [0, 0.1) is 5.92 Å². The van der Waals surface area contributed by atoms with Gasteiger partial charge in [-0.2, -0.15) is 0 Å². The normalized spacial score (nSPS) is 17.0. The SMILES string of the molecule is CN(CC1CCN(Cc2ccccc2)C1)C(=O)NCc1cccc(CO)c1. The van der Waals surface area contributed by atoms with Gasteiger partial charge in [-0.15, -0.1) is 0 Å². The number of likely N-dealkylation sites (tertiary alicyclic amines) is 1. The number of carbonyl (C=O) groups is 1. The second-order valence-electron chi connectivity index (χ2n) is 7.39. The molecule has 5 nitrogen and oxygen atoms in total. The Labute approximate surface area is 161 Å². The summed E-state index contributed by atoms with van der Waals surface area (Å²) in [6, 6.07) is 18.1. The van der Waals surface area contributed by atoms with Crippen LogP contribution in [0.3, 0.4) is 0 Å². The molecule has 1 saturated heterocycles. The number of aliphatic hydroxyl groups is 1. The summed E-state index contributed by atoms with van der Waals surface area (Å²) in [5.74, 6) is 0.516. The molecule has 2 N–H and O–H groups in total. The smallest absolute Gasteiger partial charge is 0.317 e. The molecule has 1 atom stereocenters. The van der Waals surface area contributed by atoms with E-state index in [1.807, 2.05) is 37.4 Å². The molecule has 1 unspecified atom stereocenters. The predicted octanol–water partition coefficient (Wildman–Crippen LogP) is 2.84. The quantitative estimate of drug-likeness (QED) is 0.791. The van der Waals surface area contributed by atoms with E-state index in [2.05, 4.69) is 34.5 Å². The fraction of sp³-hybridized carbons (Fsp3) is 0.409. The van der Waals surface area contributed by atoms with E-state index in [1.54, 1.807) is 4.90 Å². The van der Waals surface area contributed by atoms with Crippen molar-refractivity contribution in [3.05, 3.63) is 71.3 Å². The van der Waals surface area contributed by atoms with E-state index in [1.165, 1.54) is 5.56 Å². The van der Waals surface area contributed by atoms with E-state index in [4.69, 9.17) is 0 Å². The van der Waals surface area contributed by atoms with Gasteiger partial charge in [0.1, 0.15) is 0 Å². The summed E-state index contributed by atoms with van der Waals surface area (Å²) in [6.07, 6.45) is 1.13. The summed E-state index contributed by atoms with van der Waals surface area (Å²) in [7, 11) is 1.86. The number of amides is 2. The van der Waals surface area contributed by atoms with Crippen molar-refractivity contribution in [1.82, 2.24) is 15.1 Å². The molecule has 3 rings (SSSR count). The average Bonchev–Trinajstić information content (AvgIpc) is 3.13. The summed E-state index contributed by atoms with van der Waals surface area (Å²) in [6.45, 7) is 4.36. The Morgan fingerprint density at radius 3 is 2.67 bits per heavy atom. The number of rotatable bonds is 7. The van der Waals surface area contributed by atoms with Crippen molar-refractivity contribution in [3.63, 3.8) is 0 Å². The molecule has 2 aromatic rings. The highest BCUT2D eigenvalue weighted by Crippen LogP contribution is 2.19. The molecule has 0 radical (unpaired) electrons. The van der Waals surface area contributed by atoms with Crippen molar-refractivity contribution in [1.29, 1.82) is 0 Å².